The Morgan fingerprint density at radius 1 is 1.00 bits per heavy atom. The molecular formula is C22H17FN4O. The van der Waals surface area contributed by atoms with Crippen LogP contribution in [0.2, 0.25) is 0 Å². The molecule has 0 radical (unpaired) electrons. The van der Waals surface area contributed by atoms with E-state index in [2.05, 4.69) is 15.6 Å². The Bertz CT molecular complexity index is 1120. The minimum Gasteiger partial charge on any atom is -0.322 e. The van der Waals surface area contributed by atoms with Crippen molar-refractivity contribution < 1.29 is 9.18 Å². The van der Waals surface area contributed by atoms with E-state index in [-0.39, 0.29) is 11.7 Å². The number of hydrogen-bond acceptors (Lipinski definition) is 3. The molecule has 0 saturated carbocycles. The van der Waals surface area contributed by atoms with Crippen molar-refractivity contribution in [3.63, 3.8) is 0 Å². The van der Waals surface area contributed by atoms with Gasteiger partial charge >= 0.3 is 0 Å². The molecule has 0 unspecified atom stereocenters. The zero-order valence-corrected chi connectivity index (χ0v) is 15.1. The average molecular weight is 372 g/mol. The van der Waals surface area contributed by atoms with Crippen molar-refractivity contribution in [2.75, 3.05) is 5.32 Å². The van der Waals surface area contributed by atoms with Gasteiger partial charge in [-0.05, 0) is 73.2 Å². The summed E-state index contributed by atoms with van der Waals surface area (Å²) in [5, 5.41) is 11.0. The second-order valence-electron chi connectivity index (χ2n) is 6.41. The Kier molecular flexibility index (Phi) is 4.68. The number of hydrogen-bond donors (Lipinski definition) is 1. The van der Waals surface area contributed by atoms with E-state index in [9.17, 15) is 9.18 Å². The Labute approximate surface area is 161 Å². The Hall–Kier alpha value is -3.80. The van der Waals surface area contributed by atoms with Crippen molar-refractivity contribution >= 4 is 11.6 Å². The summed E-state index contributed by atoms with van der Waals surface area (Å²) in [6.45, 7) is 1.97. The summed E-state index contributed by atoms with van der Waals surface area (Å²) in [5.41, 5.74) is 4.65. The quantitative estimate of drug-likeness (QED) is 0.568. The SMILES string of the molecule is Cc1cccc(NC(=O)c2ccc(-n3nncc3-c3ccc(F)cc3)cc2)c1. The van der Waals surface area contributed by atoms with Crippen LogP contribution in [-0.2, 0) is 0 Å². The van der Waals surface area contributed by atoms with Gasteiger partial charge in [-0.25, -0.2) is 9.07 Å². The number of aromatic nitrogens is 3. The van der Waals surface area contributed by atoms with Crippen LogP contribution in [0.25, 0.3) is 16.9 Å². The van der Waals surface area contributed by atoms with Gasteiger partial charge < -0.3 is 5.32 Å². The number of halogens is 1. The molecule has 0 aliphatic rings. The minimum absolute atomic E-state index is 0.186. The molecular weight excluding hydrogens is 355 g/mol. The lowest BCUT2D eigenvalue weighted by Crippen LogP contribution is -2.12. The monoisotopic (exact) mass is 372 g/mol. The Morgan fingerprint density at radius 3 is 2.46 bits per heavy atom. The number of aryl methyl sites for hydroxylation is 1. The number of amides is 1. The summed E-state index contributed by atoms with van der Waals surface area (Å²) in [4.78, 5) is 12.5. The minimum atomic E-state index is -0.299. The van der Waals surface area contributed by atoms with Gasteiger partial charge in [-0.1, -0.05) is 17.3 Å². The van der Waals surface area contributed by atoms with Crippen LogP contribution < -0.4 is 5.32 Å². The molecule has 1 aromatic heterocycles. The number of rotatable bonds is 4. The fourth-order valence-corrected chi connectivity index (χ4v) is 2.92. The topological polar surface area (TPSA) is 59.8 Å². The van der Waals surface area contributed by atoms with Gasteiger partial charge in [-0.3, -0.25) is 4.79 Å². The van der Waals surface area contributed by atoms with Gasteiger partial charge in [0.15, 0.2) is 0 Å². The molecule has 0 aliphatic heterocycles. The van der Waals surface area contributed by atoms with Gasteiger partial charge in [0, 0.05) is 16.8 Å². The van der Waals surface area contributed by atoms with Gasteiger partial charge in [0.2, 0.25) is 0 Å². The zero-order valence-electron chi connectivity index (χ0n) is 15.1. The summed E-state index contributed by atoms with van der Waals surface area (Å²) in [5.74, 6) is -0.485. The highest BCUT2D eigenvalue weighted by atomic mass is 19.1. The number of anilines is 1. The molecule has 1 N–H and O–H groups in total. The number of carbonyl (C=O) groups excluding carboxylic acids is 1. The first kappa shape index (κ1) is 17.6. The number of carbonyl (C=O) groups is 1. The standard InChI is InChI=1S/C22H17FN4O/c1-15-3-2-4-19(13-15)25-22(28)17-7-11-20(12-8-17)27-21(14-24-26-27)16-5-9-18(23)10-6-16/h2-14H,1H3,(H,25,28). The Morgan fingerprint density at radius 2 is 1.75 bits per heavy atom. The molecule has 0 saturated heterocycles. The maximum Gasteiger partial charge on any atom is 0.255 e. The fourth-order valence-electron chi connectivity index (χ4n) is 2.92. The molecule has 0 fully saturated rings. The molecule has 4 aromatic rings. The van der Waals surface area contributed by atoms with Gasteiger partial charge in [0.05, 0.1) is 17.6 Å². The van der Waals surface area contributed by atoms with E-state index in [0.717, 1.165) is 28.2 Å². The largest absolute Gasteiger partial charge is 0.322 e. The van der Waals surface area contributed by atoms with Crippen molar-refractivity contribution in [2.45, 2.75) is 6.92 Å². The molecule has 0 atom stereocenters. The van der Waals surface area contributed by atoms with Gasteiger partial charge in [-0.15, -0.1) is 5.10 Å². The molecule has 1 heterocycles. The van der Waals surface area contributed by atoms with E-state index in [4.69, 9.17) is 0 Å². The summed E-state index contributed by atoms with van der Waals surface area (Å²) in [7, 11) is 0. The van der Waals surface area contributed by atoms with Crippen LogP contribution in [-0.4, -0.2) is 20.9 Å². The maximum atomic E-state index is 13.2. The maximum absolute atomic E-state index is 13.2. The van der Waals surface area contributed by atoms with Crippen molar-refractivity contribution in [3.8, 4) is 16.9 Å². The second-order valence-corrected chi connectivity index (χ2v) is 6.41. The van der Waals surface area contributed by atoms with E-state index in [1.807, 2.05) is 31.2 Å². The predicted octanol–water partition coefficient (Wildman–Crippen LogP) is 4.63. The average Bonchev–Trinajstić information content (AvgIpc) is 3.18. The lowest BCUT2D eigenvalue weighted by atomic mass is 10.1. The predicted molar refractivity (Wildman–Crippen MR) is 106 cm³/mol. The van der Waals surface area contributed by atoms with Crippen molar-refractivity contribution in [3.05, 3.63) is 95.9 Å². The highest BCUT2D eigenvalue weighted by molar-refractivity contribution is 6.04. The Balaban J connectivity index is 1.56. The fraction of sp³-hybridized carbons (Fsp3) is 0.0455. The summed E-state index contributed by atoms with van der Waals surface area (Å²) in [6.07, 6.45) is 1.62. The highest BCUT2D eigenvalue weighted by Crippen LogP contribution is 2.22. The first-order chi connectivity index (χ1) is 13.6. The molecule has 28 heavy (non-hydrogen) atoms. The van der Waals surface area contributed by atoms with Crippen LogP contribution in [0.15, 0.2) is 79.0 Å². The zero-order chi connectivity index (χ0) is 19.5. The number of nitrogens with one attached hydrogen (secondary N) is 1. The summed E-state index contributed by atoms with van der Waals surface area (Å²) < 4.78 is 14.8. The van der Waals surface area contributed by atoms with Crippen molar-refractivity contribution in [2.24, 2.45) is 0 Å². The van der Waals surface area contributed by atoms with E-state index < -0.39 is 0 Å². The molecule has 4 rings (SSSR count). The third-order valence-corrected chi connectivity index (χ3v) is 4.34. The van der Waals surface area contributed by atoms with Crippen molar-refractivity contribution in [1.29, 1.82) is 0 Å². The van der Waals surface area contributed by atoms with Crippen LogP contribution >= 0.6 is 0 Å². The third kappa shape index (κ3) is 3.66. The normalized spacial score (nSPS) is 10.6. The lowest BCUT2D eigenvalue weighted by molar-refractivity contribution is 0.102. The van der Waals surface area contributed by atoms with E-state index >= 15 is 0 Å². The smallest absolute Gasteiger partial charge is 0.255 e. The van der Waals surface area contributed by atoms with E-state index in [1.54, 1.807) is 47.3 Å². The molecule has 0 aliphatic carbocycles. The summed E-state index contributed by atoms with van der Waals surface area (Å²) >= 11 is 0. The first-order valence-electron chi connectivity index (χ1n) is 8.75. The van der Waals surface area contributed by atoms with Gasteiger partial charge in [0.25, 0.3) is 5.91 Å². The van der Waals surface area contributed by atoms with Crippen LogP contribution in [0.3, 0.4) is 0 Å². The van der Waals surface area contributed by atoms with Crippen molar-refractivity contribution in [1.82, 2.24) is 15.0 Å². The molecule has 1 amide bonds. The lowest BCUT2D eigenvalue weighted by Gasteiger charge is -2.09. The van der Waals surface area contributed by atoms with Gasteiger partial charge in [-0.2, -0.15) is 0 Å². The van der Waals surface area contributed by atoms with Crippen LogP contribution in [0.5, 0.6) is 0 Å². The second kappa shape index (κ2) is 7.44. The number of nitrogens with zero attached hydrogens (tertiary/aromatic N) is 3. The third-order valence-electron chi connectivity index (χ3n) is 4.34. The first-order valence-corrected chi connectivity index (χ1v) is 8.75. The van der Waals surface area contributed by atoms with Crippen LogP contribution in [0.1, 0.15) is 15.9 Å². The van der Waals surface area contributed by atoms with Gasteiger partial charge in [0.1, 0.15) is 5.82 Å². The van der Waals surface area contributed by atoms with E-state index in [0.29, 0.717) is 5.56 Å². The molecule has 5 nitrogen and oxygen atoms in total. The van der Waals surface area contributed by atoms with Crippen LogP contribution in [0.4, 0.5) is 10.1 Å². The highest BCUT2D eigenvalue weighted by Gasteiger charge is 2.11. The molecule has 0 spiro atoms. The molecule has 138 valence electrons. The van der Waals surface area contributed by atoms with E-state index in [1.165, 1.54) is 12.1 Å². The molecule has 6 heteroatoms. The summed E-state index contributed by atoms with van der Waals surface area (Å²) in [6, 6.07) is 20.8. The number of benzene rings is 3. The molecule has 3 aromatic carbocycles. The van der Waals surface area contributed by atoms with Crippen LogP contribution in [0, 0.1) is 12.7 Å². The molecule has 0 bridgehead atoms.